The summed E-state index contributed by atoms with van der Waals surface area (Å²) in [4.78, 5) is 12.4. The van der Waals surface area contributed by atoms with Crippen LogP contribution >= 0.6 is 0 Å². The third kappa shape index (κ3) is 5.89. The Kier molecular flexibility index (Phi) is 7.06. The number of hydrogen-bond donors (Lipinski definition) is 1. The second-order valence-corrected chi connectivity index (χ2v) is 7.69. The zero-order valence-corrected chi connectivity index (χ0v) is 16.5. The van der Waals surface area contributed by atoms with Gasteiger partial charge in [-0.05, 0) is 37.3 Å². The van der Waals surface area contributed by atoms with E-state index in [1.54, 1.807) is 24.3 Å². The molecule has 27 heavy (non-hydrogen) atoms. The number of carbonyl (C=O) groups excluding carboxylic acids is 1. The Morgan fingerprint density at radius 2 is 1.78 bits per heavy atom. The minimum atomic E-state index is -3.63. The minimum absolute atomic E-state index is 0.245. The molecule has 0 heterocycles. The molecule has 0 unspecified atom stereocenters. The number of para-hydroxylation sites is 1. The zero-order chi connectivity index (χ0) is 19.9. The van der Waals surface area contributed by atoms with Crippen molar-refractivity contribution in [1.29, 1.82) is 0 Å². The van der Waals surface area contributed by atoms with Crippen LogP contribution in [0.4, 0.5) is 5.69 Å². The fourth-order valence-electron chi connectivity index (χ4n) is 2.47. The number of nitrogens with zero attached hydrogens (tertiary/aromatic N) is 1. The number of benzene rings is 2. The maximum Gasteiger partial charge on any atom is 0.241 e. The second-order valence-electron chi connectivity index (χ2n) is 5.79. The molecule has 8 heteroatoms. The predicted molar refractivity (Wildman–Crippen MR) is 105 cm³/mol. The number of carbonyl (C=O) groups is 1. The summed E-state index contributed by atoms with van der Waals surface area (Å²) in [6.07, 6.45) is 1.06. The first kappa shape index (κ1) is 20.6. The Hall–Kier alpha value is -2.74. The van der Waals surface area contributed by atoms with Crippen molar-refractivity contribution in [2.75, 3.05) is 30.8 Å². The van der Waals surface area contributed by atoms with Crippen LogP contribution in [0.5, 0.6) is 11.5 Å². The van der Waals surface area contributed by atoms with Gasteiger partial charge >= 0.3 is 0 Å². The van der Waals surface area contributed by atoms with Crippen molar-refractivity contribution in [3.8, 4) is 11.5 Å². The molecule has 0 atom stereocenters. The van der Waals surface area contributed by atoms with Crippen LogP contribution in [0.25, 0.3) is 0 Å². The highest BCUT2D eigenvalue weighted by Crippen LogP contribution is 2.21. The van der Waals surface area contributed by atoms with Crippen LogP contribution in [0.3, 0.4) is 0 Å². The molecule has 1 amide bonds. The van der Waals surface area contributed by atoms with E-state index < -0.39 is 15.9 Å². The quantitative estimate of drug-likeness (QED) is 0.707. The number of methoxy groups -OCH3 is 1. The summed E-state index contributed by atoms with van der Waals surface area (Å²) in [5.74, 6) is 0.877. The summed E-state index contributed by atoms with van der Waals surface area (Å²) in [5, 5.41) is 2.74. The molecule has 2 aromatic carbocycles. The Morgan fingerprint density at radius 1 is 1.11 bits per heavy atom. The number of hydrogen-bond acceptors (Lipinski definition) is 5. The molecule has 0 aliphatic rings. The Bertz CT molecular complexity index is 866. The van der Waals surface area contributed by atoms with Crippen molar-refractivity contribution < 1.29 is 22.7 Å². The molecule has 0 aliphatic carbocycles. The van der Waals surface area contributed by atoms with E-state index in [4.69, 9.17) is 9.47 Å². The molecular weight excluding hydrogens is 368 g/mol. The molecule has 0 bridgehead atoms. The average Bonchev–Trinajstić information content (AvgIpc) is 2.65. The lowest BCUT2D eigenvalue weighted by Gasteiger charge is -2.22. The molecule has 2 rings (SSSR count). The molecular formula is C19H24N2O5S. The number of sulfonamides is 1. The summed E-state index contributed by atoms with van der Waals surface area (Å²) in [5.41, 5.74) is 1.21. The lowest BCUT2D eigenvalue weighted by molar-refractivity contribution is -0.119. The molecule has 0 spiro atoms. The molecule has 1 N–H and O–H groups in total. The van der Waals surface area contributed by atoms with E-state index in [-0.39, 0.29) is 13.1 Å². The van der Waals surface area contributed by atoms with Gasteiger partial charge in [0.15, 0.2) is 0 Å². The summed E-state index contributed by atoms with van der Waals surface area (Å²) in [6.45, 7) is 2.33. The van der Waals surface area contributed by atoms with E-state index in [1.165, 1.54) is 7.11 Å². The van der Waals surface area contributed by atoms with Crippen LogP contribution in [0.15, 0.2) is 48.5 Å². The molecule has 2 aromatic rings. The predicted octanol–water partition coefficient (Wildman–Crippen LogP) is 2.18. The molecule has 7 nitrogen and oxygen atoms in total. The molecule has 0 saturated heterocycles. The Morgan fingerprint density at radius 3 is 2.37 bits per heavy atom. The first-order chi connectivity index (χ1) is 12.8. The van der Waals surface area contributed by atoms with Gasteiger partial charge in [0.05, 0.1) is 25.7 Å². The second kappa shape index (κ2) is 9.27. The fraction of sp³-hybridized carbons (Fsp3) is 0.316. The van der Waals surface area contributed by atoms with Crippen LogP contribution < -0.4 is 19.1 Å². The van der Waals surface area contributed by atoms with Crippen molar-refractivity contribution in [1.82, 2.24) is 5.32 Å². The van der Waals surface area contributed by atoms with Gasteiger partial charge < -0.3 is 14.8 Å². The van der Waals surface area contributed by atoms with Gasteiger partial charge in [-0.1, -0.05) is 18.2 Å². The monoisotopic (exact) mass is 392 g/mol. The van der Waals surface area contributed by atoms with Crippen molar-refractivity contribution in [2.24, 2.45) is 0 Å². The Balaban J connectivity index is 2.08. The Labute approximate surface area is 160 Å². The van der Waals surface area contributed by atoms with Crippen molar-refractivity contribution in [2.45, 2.75) is 13.5 Å². The van der Waals surface area contributed by atoms with Gasteiger partial charge in [0, 0.05) is 12.1 Å². The van der Waals surface area contributed by atoms with E-state index in [0.717, 1.165) is 16.1 Å². The largest absolute Gasteiger partial charge is 0.497 e. The molecule has 0 aromatic heterocycles. The number of anilines is 1. The van der Waals surface area contributed by atoms with E-state index in [1.807, 2.05) is 31.2 Å². The third-order valence-electron chi connectivity index (χ3n) is 3.80. The maximum atomic E-state index is 12.4. The van der Waals surface area contributed by atoms with Crippen molar-refractivity contribution >= 4 is 21.6 Å². The van der Waals surface area contributed by atoms with Crippen molar-refractivity contribution in [3.05, 3.63) is 54.1 Å². The third-order valence-corrected chi connectivity index (χ3v) is 4.94. The van der Waals surface area contributed by atoms with Gasteiger partial charge in [-0.25, -0.2) is 8.42 Å². The highest BCUT2D eigenvalue weighted by Gasteiger charge is 2.21. The van der Waals surface area contributed by atoms with Gasteiger partial charge in [0.1, 0.15) is 18.0 Å². The number of amides is 1. The zero-order valence-electron chi connectivity index (χ0n) is 15.6. The van der Waals surface area contributed by atoms with Crippen molar-refractivity contribution in [3.63, 3.8) is 0 Å². The van der Waals surface area contributed by atoms with Gasteiger partial charge in [-0.2, -0.15) is 0 Å². The number of rotatable bonds is 9. The summed E-state index contributed by atoms with van der Waals surface area (Å²) in [6, 6.07) is 13.9. The molecule has 0 fully saturated rings. The molecule has 146 valence electrons. The normalized spacial score (nSPS) is 10.9. The first-order valence-corrected chi connectivity index (χ1v) is 10.3. The lowest BCUT2D eigenvalue weighted by atomic mass is 10.2. The van der Waals surface area contributed by atoms with Crippen LogP contribution in [0.1, 0.15) is 12.5 Å². The van der Waals surface area contributed by atoms with Gasteiger partial charge in [0.2, 0.25) is 15.9 Å². The summed E-state index contributed by atoms with van der Waals surface area (Å²) in [7, 11) is -2.10. The summed E-state index contributed by atoms with van der Waals surface area (Å²) < 4.78 is 35.9. The van der Waals surface area contributed by atoms with E-state index in [9.17, 15) is 13.2 Å². The molecule has 0 aliphatic heterocycles. The van der Waals surface area contributed by atoms with Crippen LogP contribution in [0.2, 0.25) is 0 Å². The minimum Gasteiger partial charge on any atom is -0.497 e. The van der Waals surface area contributed by atoms with Crippen LogP contribution in [-0.4, -0.2) is 40.8 Å². The molecule has 0 saturated carbocycles. The maximum absolute atomic E-state index is 12.4. The standard InChI is InChI=1S/C19H24N2O5S/c1-4-26-18-8-6-5-7-15(18)13-20-19(22)14-21(27(3,23)24)16-9-11-17(25-2)12-10-16/h5-12H,4,13-14H2,1-3H3,(H,20,22). The summed E-state index contributed by atoms with van der Waals surface area (Å²) >= 11 is 0. The van der Waals surface area contributed by atoms with E-state index in [0.29, 0.717) is 23.8 Å². The van der Waals surface area contributed by atoms with Gasteiger partial charge in [-0.3, -0.25) is 9.10 Å². The highest BCUT2D eigenvalue weighted by molar-refractivity contribution is 7.92. The van der Waals surface area contributed by atoms with Crippen LogP contribution in [0, 0.1) is 0 Å². The highest BCUT2D eigenvalue weighted by atomic mass is 32.2. The first-order valence-electron chi connectivity index (χ1n) is 8.44. The van der Waals surface area contributed by atoms with Crippen LogP contribution in [-0.2, 0) is 21.4 Å². The van der Waals surface area contributed by atoms with E-state index in [2.05, 4.69) is 5.32 Å². The fourth-order valence-corrected chi connectivity index (χ4v) is 3.33. The average molecular weight is 392 g/mol. The SMILES string of the molecule is CCOc1ccccc1CNC(=O)CN(c1ccc(OC)cc1)S(C)(=O)=O. The number of ether oxygens (including phenoxy) is 2. The van der Waals surface area contributed by atoms with E-state index >= 15 is 0 Å². The topological polar surface area (TPSA) is 84.9 Å². The number of nitrogens with one attached hydrogen (secondary N) is 1. The van der Waals surface area contributed by atoms with Gasteiger partial charge in [-0.15, -0.1) is 0 Å². The van der Waals surface area contributed by atoms with Gasteiger partial charge in [0.25, 0.3) is 0 Å². The lowest BCUT2D eigenvalue weighted by Crippen LogP contribution is -2.40. The molecule has 0 radical (unpaired) electrons. The smallest absolute Gasteiger partial charge is 0.241 e.